The molecule has 0 unspecified atom stereocenters. The molecule has 0 aliphatic carbocycles. The summed E-state index contributed by atoms with van der Waals surface area (Å²) in [6, 6.07) is 3.98. The molecular weight excluding hydrogens is 332 g/mol. The summed E-state index contributed by atoms with van der Waals surface area (Å²) < 4.78 is 0. The van der Waals surface area contributed by atoms with Crippen molar-refractivity contribution in [2.24, 2.45) is 0 Å². The quantitative estimate of drug-likeness (QED) is 0.709. The Labute approximate surface area is 151 Å². The van der Waals surface area contributed by atoms with E-state index in [1.54, 1.807) is 12.4 Å². The molecule has 0 aromatic carbocycles. The van der Waals surface area contributed by atoms with Crippen LogP contribution >= 0.6 is 11.3 Å². The van der Waals surface area contributed by atoms with Crippen molar-refractivity contribution in [1.82, 2.24) is 19.9 Å². The third-order valence-electron chi connectivity index (χ3n) is 4.24. The number of hydrogen-bond acceptors (Lipinski definition) is 5. The average Bonchev–Trinajstić information content (AvgIpc) is 2.89. The van der Waals surface area contributed by atoms with Crippen LogP contribution < -0.4 is 0 Å². The summed E-state index contributed by atoms with van der Waals surface area (Å²) in [6.45, 7) is 10.5. The predicted molar refractivity (Wildman–Crippen MR) is 101 cm³/mol. The SMILES string of the molecule is Cc1nc(C)c2c(C)c(C(=O)N(Cc3cccnc3)C(C)C)sc2n1. The van der Waals surface area contributed by atoms with Gasteiger partial charge >= 0.3 is 0 Å². The number of nitrogens with zero attached hydrogens (tertiary/aromatic N) is 4. The molecule has 0 spiro atoms. The number of aromatic nitrogens is 3. The molecule has 0 radical (unpaired) electrons. The number of amides is 1. The van der Waals surface area contributed by atoms with Gasteiger partial charge < -0.3 is 4.90 Å². The highest BCUT2D eigenvalue weighted by molar-refractivity contribution is 7.20. The first kappa shape index (κ1) is 17.5. The van der Waals surface area contributed by atoms with E-state index in [2.05, 4.69) is 15.0 Å². The Bertz CT molecular complexity index is 918. The molecule has 3 heterocycles. The van der Waals surface area contributed by atoms with Crippen LogP contribution in [0.2, 0.25) is 0 Å². The standard InChI is InChI=1S/C19H22N4OS/c1-11(2)23(10-15-7-6-8-20-9-15)19(24)17-12(3)16-13(4)21-14(5)22-18(16)25-17/h6-9,11H,10H2,1-5H3. The molecule has 0 atom stereocenters. The Hall–Kier alpha value is -2.34. The second-order valence-corrected chi connectivity index (χ2v) is 7.48. The van der Waals surface area contributed by atoms with Crippen molar-refractivity contribution >= 4 is 27.5 Å². The monoisotopic (exact) mass is 354 g/mol. The minimum Gasteiger partial charge on any atom is -0.331 e. The smallest absolute Gasteiger partial charge is 0.264 e. The molecule has 0 bridgehead atoms. The van der Waals surface area contributed by atoms with Crippen molar-refractivity contribution < 1.29 is 4.79 Å². The lowest BCUT2D eigenvalue weighted by molar-refractivity contribution is 0.0694. The normalized spacial score (nSPS) is 11.3. The van der Waals surface area contributed by atoms with Crippen LogP contribution in [0.1, 0.15) is 46.2 Å². The topological polar surface area (TPSA) is 59.0 Å². The van der Waals surface area contributed by atoms with Gasteiger partial charge in [0.15, 0.2) is 0 Å². The van der Waals surface area contributed by atoms with Gasteiger partial charge in [-0.1, -0.05) is 6.07 Å². The van der Waals surface area contributed by atoms with Gasteiger partial charge in [-0.15, -0.1) is 11.3 Å². The molecule has 1 amide bonds. The summed E-state index contributed by atoms with van der Waals surface area (Å²) in [5.41, 5.74) is 2.92. The van der Waals surface area contributed by atoms with Crippen LogP contribution in [0.3, 0.4) is 0 Å². The number of carbonyl (C=O) groups is 1. The number of carbonyl (C=O) groups excluding carboxylic acids is 1. The Kier molecular flexibility index (Phi) is 4.81. The molecule has 0 fully saturated rings. The fourth-order valence-corrected chi connectivity index (χ4v) is 4.22. The van der Waals surface area contributed by atoms with Crippen LogP contribution in [-0.2, 0) is 6.54 Å². The van der Waals surface area contributed by atoms with Gasteiger partial charge in [-0.2, -0.15) is 0 Å². The van der Waals surface area contributed by atoms with Gasteiger partial charge in [0.2, 0.25) is 0 Å². The van der Waals surface area contributed by atoms with Gasteiger partial charge in [0, 0.05) is 36.1 Å². The van der Waals surface area contributed by atoms with Gasteiger partial charge in [0.25, 0.3) is 5.91 Å². The van der Waals surface area contributed by atoms with E-state index in [9.17, 15) is 4.79 Å². The Morgan fingerprint density at radius 3 is 2.64 bits per heavy atom. The van der Waals surface area contributed by atoms with E-state index in [-0.39, 0.29) is 11.9 Å². The van der Waals surface area contributed by atoms with Crippen molar-refractivity contribution in [3.8, 4) is 0 Å². The summed E-state index contributed by atoms with van der Waals surface area (Å²) in [4.78, 5) is 29.9. The highest BCUT2D eigenvalue weighted by Crippen LogP contribution is 2.32. The molecule has 3 aromatic rings. The van der Waals surface area contributed by atoms with Crippen molar-refractivity contribution in [2.75, 3.05) is 0 Å². The fourth-order valence-electron chi connectivity index (χ4n) is 2.99. The highest BCUT2D eigenvalue weighted by atomic mass is 32.1. The van der Waals surface area contributed by atoms with Gasteiger partial charge in [-0.25, -0.2) is 9.97 Å². The third kappa shape index (κ3) is 3.39. The lowest BCUT2D eigenvalue weighted by Crippen LogP contribution is -2.36. The van der Waals surface area contributed by atoms with Gasteiger partial charge in [0.1, 0.15) is 10.7 Å². The highest BCUT2D eigenvalue weighted by Gasteiger charge is 2.25. The summed E-state index contributed by atoms with van der Waals surface area (Å²) in [5.74, 6) is 0.776. The number of fused-ring (bicyclic) bond motifs is 1. The van der Waals surface area contributed by atoms with E-state index in [4.69, 9.17) is 0 Å². The molecule has 0 saturated heterocycles. The van der Waals surface area contributed by atoms with Gasteiger partial charge in [0.05, 0.1) is 4.88 Å². The van der Waals surface area contributed by atoms with Gasteiger partial charge in [-0.05, 0) is 51.8 Å². The second-order valence-electron chi connectivity index (χ2n) is 6.48. The number of thiophene rings is 1. The first-order valence-electron chi connectivity index (χ1n) is 8.32. The van der Waals surface area contributed by atoms with Crippen molar-refractivity contribution in [1.29, 1.82) is 0 Å². The summed E-state index contributed by atoms with van der Waals surface area (Å²) in [7, 11) is 0. The molecule has 6 heteroatoms. The fraction of sp³-hybridized carbons (Fsp3) is 0.368. The molecule has 0 saturated carbocycles. The molecule has 3 rings (SSSR count). The van der Waals surface area contributed by atoms with Crippen LogP contribution in [0.15, 0.2) is 24.5 Å². The van der Waals surface area contributed by atoms with Gasteiger partial charge in [-0.3, -0.25) is 9.78 Å². The zero-order chi connectivity index (χ0) is 18.1. The van der Waals surface area contributed by atoms with E-state index < -0.39 is 0 Å². The Balaban J connectivity index is 2.01. The lowest BCUT2D eigenvalue weighted by atomic mass is 10.1. The van der Waals surface area contributed by atoms with Crippen LogP contribution in [0.5, 0.6) is 0 Å². The van der Waals surface area contributed by atoms with Crippen LogP contribution in [0.25, 0.3) is 10.2 Å². The molecule has 5 nitrogen and oxygen atoms in total. The third-order valence-corrected chi connectivity index (χ3v) is 5.41. The Morgan fingerprint density at radius 2 is 2.00 bits per heavy atom. The van der Waals surface area contributed by atoms with E-state index in [1.165, 1.54) is 11.3 Å². The zero-order valence-electron chi connectivity index (χ0n) is 15.2. The molecule has 130 valence electrons. The number of aryl methyl sites for hydroxylation is 3. The maximum atomic E-state index is 13.2. The summed E-state index contributed by atoms with van der Waals surface area (Å²) in [6.07, 6.45) is 3.55. The van der Waals surface area contributed by atoms with Crippen molar-refractivity contribution in [3.63, 3.8) is 0 Å². The number of hydrogen-bond donors (Lipinski definition) is 0. The second kappa shape index (κ2) is 6.88. The van der Waals surface area contributed by atoms with E-state index >= 15 is 0 Å². The maximum Gasteiger partial charge on any atom is 0.264 e. The van der Waals surface area contributed by atoms with E-state index in [1.807, 2.05) is 51.7 Å². The number of rotatable bonds is 4. The first-order valence-corrected chi connectivity index (χ1v) is 9.14. The van der Waals surface area contributed by atoms with E-state index in [0.29, 0.717) is 6.54 Å². The minimum atomic E-state index is 0.0383. The molecule has 0 aliphatic heterocycles. The Morgan fingerprint density at radius 1 is 1.24 bits per heavy atom. The summed E-state index contributed by atoms with van der Waals surface area (Å²) >= 11 is 1.46. The van der Waals surface area contributed by atoms with Crippen molar-refractivity contribution in [2.45, 2.75) is 47.2 Å². The predicted octanol–water partition coefficient (Wildman–Crippen LogP) is 4.06. The molecule has 25 heavy (non-hydrogen) atoms. The van der Waals surface area contributed by atoms with E-state index in [0.717, 1.165) is 37.7 Å². The minimum absolute atomic E-state index is 0.0383. The number of pyridine rings is 1. The molecular formula is C19H22N4OS. The zero-order valence-corrected chi connectivity index (χ0v) is 16.0. The molecule has 3 aromatic heterocycles. The summed E-state index contributed by atoms with van der Waals surface area (Å²) in [5, 5.41) is 1.00. The largest absolute Gasteiger partial charge is 0.331 e. The lowest BCUT2D eigenvalue weighted by Gasteiger charge is -2.26. The maximum absolute atomic E-state index is 13.2. The molecule has 0 aliphatic rings. The van der Waals surface area contributed by atoms with Crippen molar-refractivity contribution in [3.05, 3.63) is 52.0 Å². The molecule has 0 N–H and O–H groups in total. The van der Waals surface area contributed by atoms with Crippen LogP contribution in [0.4, 0.5) is 0 Å². The van der Waals surface area contributed by atoms with Crippen LogP contribution in [0, 0.1) is 20.8 Å². The average molecular weight is 354 g/mol. The first-order chi connectivity index (χ1) is 11.9. The van der Waals surface area contributed by atoms with Crippen LogP contribution in [-0.4, -0.2) is 31.8 Å².